The third kappa shape index (κ3) is 4.72. The summed E-state index contributed by atoms with van der Waals surface area (Å²) in [7, 11) is 0. The molecule has 0 aliphatic heterocycles. The lowest BCUT2D eigenvalue weighted by Crippen LogP contribution is -2.34. The predicted molar refractivity (Wildman–Crippen MR) is 97.4 cm³/mol. The Morgan fingerprint density at radius 1 is 1.04 bits per heavy atom. The first-order chi connectivity index (χ1) is 12.0. The van der Waals surface area contributed by atoms with Gasteiger partial charge in [0, 0.05) is 5.56 Å². The van der Waals surface area contributed by atoms with Gasteiger partial charge in [0.25, 0.3) is 5.91 Å². The van der Waals surface area contributed by atoms with Crippen LogP contribution in [0.4, 0.5) is 18.9 Å². The summed E-state index contributed by atoms with van der Waals surface area (Å²) in [6, 6.07) is 6.77. The van der Waals surface area contributed by atoms with Gasteiger partial charge in [0.1, 0.15) is 5.75 Å². The van der Waals surface area contributed by atoms with Crippen molar-refractivity contribution in [1.29, 1.82) is 0 Å². The lowest BCUT2D eigenvalue weighted by molar-refractivity contribution is -0.137. The Hall–Kier alpha value is -2.61. The van der Waals surface area contributed by atoms with E-state index in [0.29, 0.717) is 11.6 Å². The second kappa shape index (κ2) is 7.33. The summed E-state index contributed by atoms with van der Waals surface area (Å²) in [5.74, 6) is -1.07. The minimum atomic E-state index is -4.57. The van der Waals surface area contributed by atoms with E-state index in [1.807, 2.05) is 19.9 Å². The minimum Gasteiger partial charge on any atom is -0.506 e. The number of phenols is 1. The molecule has 0 radical (unpaired) electrons. The van der Waals surface area contributed by atoms with Crippen LogP contribution in [0.15, 0.2) is 30.3 Å². The number of rotatable bonds is 2. The maximum Gasteiger partial charge on any atom is 0.416 e. The molecule has 0 fully saturated rings. The van der Waals surface area contributed by atoms with E-state index in [1.165, 1.54) is 6.92 Å². The molecule has 3 N–H and O–H groups in total. The van der Waals surface area contributed by atoms with Crippen molar-refractivity contribution >= 4 is 28.9 Å². The van der Waals surface area contributed by atoms with Gasteiger partial charge >= 0.3 is 6.18 Å². The normalized spacial score (nSPS) is 11.2. The Labute approximate surface area is 154 Å². The van der Waals surface area contributed by atoms with Gasteiger partial charge in [-0.05, 0) is 62.8 Å². The molecule has 2 aromatic rings. The fourth-order valence-electron chi connectivity index (χ4n) is 2.52. The van der Waals surface area contributed by atoms with Crippen LogP contribution in [-0.4, -0.2) is 16.1 Å². The van der Waals surface area contributed by atoms with Crippen LogP contribution in [0.2, 0.25) is 0 Å². The van der Waals surface area contributed by atoms with E-state index in [1.54, 1.807) is 12.1 Å². The summed E-state index contributed by atoms with van der Waals surface area (Å²) in [6.07, 6.45) is -4.57. The maximum atomic E-state index is 12.8. The van der Waals surface area contributed by atoms with Crippen molar-refractivity contribution in [3.05, 3.63) is 58.1 Å². The van der Waals surface area contributed by atoms with Gasteiger partial charge in [0.15, 0.2) is 5.11 Å². The van der Waals surface area contributed by atoms with E-state index in [9.17, 15) is 23.1 Å². The molecular formula is C18H17F3N2O2S. The zero-order valence-corrected chi connectivity index (χ0v) is 15.1. The van der Waals surface area contributed by atoms with Crippen molar-refractivity contribution in [3.63, 3.8) is 0 Å². The van der Waals surface area contributed by atoms with Crippen molar-refractivity contribution in [2.75, 3.05) is 5.32 Å². The van der Waals surface area contributed by atoms with Crippen LogP contribution in [0.5, 0.6) is 5.75 Å². The summed E-state index contributed by atoms with van der Waals surface area (Å²) < 4.78 is 38.3. The van der Waals surface area contributed by atoms with Crippen molar-refractivity contribution in [3.8, 4) is 5.75 Å². The minimum absolute atomic E-state index is 0.00345. The quantitative estimate of drug-likeness (QED) is 0.530. The highest BCUT2D eigenvalue weighted by atomic mass is 32.1. The molecule has 0 atom stereocenters. The third-order valence-electron chi connectivity index (χ3n) is 3.59. The van der Waals surface area contributed by atoms with Crippen LogP contribution in [0, 0.1) is 20.8 Å². The number of aromatic hydroxyl groups is 1. The van der Waals surface area contributed by atoms with Crippen molar-refractivity contribution in [2.24, 2.45) is 0 Å². The molecule has 0 bridgehead atoms. The molecule has 0 heterocycles. The first-order valence-corrected chi connectivity index (χ1v) is 7.99. The van der Waals surface area contributed by atoms with Crippen LogP contribution in [0.1, 0.15) is 32.6 Å². The van der Waals surface area contributed by atoms with Crippen LogP contribution >= 0.6 is 12.2 Å². The molecule has 0 aliphatic rings. The van der Waals surface area contributed by atoms with Crippen molar-refractivity contribution in [2.45, 2.75) is 26.9 Å². The molecular weight excluding hydrogens is 365 g/mol. The fourth-order valence-corrected chi connectivity index (χ4v) is 2.72. The lowest BCUT2D eigenvalue weighted by Gasteiger charge is -2.16. The molecule has 0 unspecified atom stereocenters. The van der Waals surface area contributed by atoms with Gasteiger partial charge in [-0.3, -0.25) is 10.1 Å². The number of alkyl halides is 3. The van der Waals surface area contributed by atoms with Crippen molar-refractivity contribution < 1.29 is 23.1 Å². The number of aryl methyl sites for hydroxylation is 3. The first kappa shape index (κ1) is 19.7. The molecule has 0 saturated carbocycles. The highest BCUT2D eigenvalue weighted by molar-refractivity contribution is 7.80. The number of nitrogens with one attached hydrogen (secondary N) is 2. The maximum absolute atomic E-state index is 12.8. The number of anilines is 1. The third-order valence-corrected chi connectivity index (χ3v) is 3.80. The van der Waals surface area contributed by atoms with E-state index in [0.717, 1.165) is 17.2 Å². The molecule has 0 spiro atoms. The van der Waals surface area contributed by atoms with Gasteiger partial charge in [0.2, 0.25) is 0 Å². The standard InChI is InChI=1S/C18H17F3N2O2S/c1-9-4-10(2)6-12(5-9)16(25)23-17(26)22-15-11(3)7-13(8-14(15)24)18(19,20)21/h4-8,24H,1-3H3,(H2,22,23,25,26). The Kier molecular flexibility index (Phi) is 5.56. The van der Waals surface area contributed by atoms with E-state index < -0.39 is 23.4 Å². The van der Waals surface area contributed by atoms with Crippen LogP contribution < -0.4 is 10.6 Å². The van der Waals surface area contributed by atoms with Crippen LogP contribution in [0.3, 0.4) is 0 Å². The highest BCUT2D eigenvalue weighted by Gasteiger charge is 2.32. The molecule has 4 nitrogen and oxygen atoms in total. The van der Waals surface area contributed by atoms with E-state index in [-0.39, 0.29) is 16.4 Å². The smallest absolute Gasteiger partial charge is 0.416 e. The number of benzene rings is 2. The lowest BCUT2D eigenvalue weighted by atomic mass is 10.1. The van der Waals surface area contributed by atoms with Crippen molar-refractivity contribution in [1.82, 2.24) is 5.32 Å². The predicted octanol–water partition coefficient (Wildman–Crippen LogP) is 4.46. The number of carbonyl (C=O) groups excluding carboxylic acids is 1. The molecule has 138 valence electrons. The Morgan fingerprint density at radius 2 is 1.62 bits per heavy atom. The number of thiocarbonyl (C=S) groups is 1. The second-order valence-corrected chi connectivity index (χ2v) is 6.38. The molecule has 2 rings (SSSR count). The van der Waals surface area contributed by atoms with Gasteiger partial charge in [-0.1, -0.05) is 17.2 Å². The largest absolute Gasteiger partial charge is 0.506 e. The summed E-state index contributed by atoms with van der Waals surface area (Å²) in [5, 5.41) is 14.8. The highest BCUT2D eigenvalue weighted by Crippen LogP contribution is 2.36. The van der Waals surface area contributed by atoms with E-state index >= 15 is 0 Å². The fraction of sp³-hybridized carbons (Fsp3) is 0.222. The monoisotopic (exact) mass is 382 g/mol. The molecule has 1 amide bonds. The molecule has 0 aliphatic carbocycles. The van der Waals surface area contributed by atoms with Crippen LogP contribution in [0.25, 0.3) is 0 Å². The SMILES string of the molecule is Cc1cc(C)cc(C(=O)NC(=S)Nc2c(C)cc(C(F)(F)F)cc2O)c1. The number of carbonyl (C=O) groups is 1. The summed E-state index contributed by atoms with van der Waals surface area (Å²) in [6.45, 7) is 5.10. The van der Waals surface area contributed by atoms with Gasteiger partial charge in [0.05, 0.1) is 11.3 Å². The number of halogens is 3. The Balaban J connectivity index is 2.16. The number of phenolic OH excluding ortho intramolecular Hbond substituents is 1. The summed E-state index contributed by atoms with van der Waals surface area (Å²) >= 11 is 5.03. The van der Waals surface area contributed by atoms with Gasteiger partial charge in [-0.25, -0.2) is 0 Å². The molecule has 26 heavy (non-hydrogen) atoms. The Bertz CT molecular complexity index is 836. The topological polar surface area (TPSA) is 61.4 Å². The molecule has 0 aromatic heterocycles. The van der Waals surface area contributed by atoms with E-state index in [2.05, 4.69) is 10.6 Å². The van der Waals surface area contributed by atoms with Gasteiger partial charge in [-0.2, -0.15) is 13.2 Å². The first-order valence-electron chi connectivity index (χ1n) is 7.59. The molecule has 8 heteroatoms. The summed E-state index contributed by atoms with van der Waals surface area (Å²) in [5.41, 5.74) is 1.39. The van der Waals surface area contributed by atoms with E-state index in [4.69, 9.17) is 12.2 Å². The zero-order chi connectivity index (χ0) is 19.6. The Morgan fingerprint density at radius 3 is 2.12 bits per heavy atom. The summed E-state index contributed by atoms with van der Waals surface area (Å²) in [4.78, 5) is 12.3. The average molecular weight is 382 g/mol. The van der Waals surface area contributed by atoms with Gasteiger partial charge in [-0.15, -0.1) is 0 Å². The average Bonchev–Trinajstić information content (AvgIpc) is 2.48. The number of amides is 1. The number of hydrogen-bond acceptors (Lipinski definition) is 3. The second-order valence-electron chi connectivity index (χ2n) is 5.97. The molecule has 0 saturated heterocycles. The van der Waals surface area contributed by atoms with Gasteiger partial charge < -0.3 is 10.4 Å². The number of hydrogen-bond donors (Lipinski definition) is 3. The van der Waals surface area contributed by atoms with Crippen LogP contribution in [-0.2, 0) is 6.18 Å². The molecule has 2 aromatic carbocycles. The zero-order valence-electron chi connectivity index (χ0n) is 14.3.